The van der Waals surface area contributed by atoms with Crippen molar-refractivity contribution in [3.8, 4) is 27.9 Å². The second-order valence-corrected chi connectivity index (χ2v) is 17.3. The molecule has 42 heavy (non-hydrogen) atoms. The molecule has 0 N–H and O–H groups in total. The third kappa shape index (κ3) is 3.85. The molecule has 2 aromatic heterocycles. The summed E-state index contributed by atoms with van der Waals surface area (Å²) in [5.74, 6) is 0. The third-order valence-corrected chi connectivity index (χ3v) is 10.5. The highest BCUT2D eigenvalue weighted by Crippen LogP contribution is 2.40. The molecule has 0 saturated heterocycles. The molecule has 0 aliphatic heterocycles. The van der Waals surface area contributed by atoms with Crippen molar-refractivity contribution in [3.05, 3.63) is 133 Å². The Bertz CT molecular complexity index is 2270. The summed E-state index contributed by atoms with van der Waals surface area (Å²) in [6.45, 7) is 7.15. The Morgan fingerprint density at radius 3 is 1.76 bits per heavy atom. The predicted octanol–water partition coefficient (Wildman–Crippen LogP) is 10.6. The molecule has 2 heterocycles. The van der Waals surface area contributed by atoms with Crippen molar-refractivity contribution in [1.82, 2.24) is 4.57 Å². The van der Waals surface area contributed by atoms with E-state index < -0.39 is 8.07 Å². The summed E-state index contributed by atoms with van der Waals surface area (Å²) in [6, 6.07) is 48.2. The van der Waals surface area contributed by atoms with Crippen molar-refractivity contribution in [2.24, 2.45) is 0 Å². The van der Waals surface area contributed by atoms with Gasteiger partial charge in [-0.3, -0.25) is 0 Å². The van der Waals surface area contributed by atoms with E-state index in [1.807, 2.05) is 0 Å². The lowest BCUT2D eigenvalue weighted by Gasteiger charge is -2.16. The van der Waals surface area contributed by atoms with Gasteiger partial charge in [0.15, 0.2) is 0 Å². The Hall–Kier alpha value is -4.86. The minimum absolute atomic E-state index is 0.967. The van der Waals surface area contributed by atoms with Crippen LogP contribution in [0.4, 0.5) is 0 Å². The number of nitrogens with zero attached hydrogens (tertiary/aromatic N) is 1. The molecule has 0 atom stereocenters. The first kappa shape index (κ1) is 24.9. The molecule has 202 valence electrons. The molecular weight excluding hydrogens is 527 g/mol. The number of furan rings is 1. The third-order valence-electron chi connectivity index (χ3n) is 8.53. The summed E-state index contributed by atoms with van der Waals surface area (Å²) in [5, 5.41) is 6.24. The van der Waals surface area contributed by atoms with Crippen LogP contribution >= 0.6 is 0 Å². The van der Waals surface area contributed by atoms with Gasteiger partial charge in [0, 0.05) is 32.8 Å². The van der Waals surface area contributed by atoms with Gasteiger partial charge in [-0.15, -0.1) is 0 Å². The zero-order valence-electron chi connectivity index (χ0n) is 24.1. The minimum atomic E-state index is -1.58. The Morgan fingerprint density at radius 1 is 0.476 bits per heavy atom. The molecule has 0 unspecified atom stereocenters. The average molecular weight is 558 g/mol. The Labute approximate surface area is 246 Å². The van der Waals surface area contributed by atoms with Crippen molar-refractivity contribution in [2.75, 3.05) is 0 Å². The van der Waals surface area contributed by atoms with Crippen LogP contribution in [0.15, 0.2) is 138 Å². The summed E-state index contributed by atoms with van der Waals surface area (Å²) in [6.07, 6.45) is 0. The lowest BCUT2D eigenvalue weighted by molar-refractivity contribution is 0.672. The number of benzene rings is 6. The summed E-state index contributed by atoms with van der Waals surface area (Å²) in [7, 11) is -1.58. The molecule has 0 aliphatic carbocycles. The first-order chi connectivity index (χ1) is 20.5. The first-order valence-corrected chi connectivity index (χ1v) is 18.1. The Balaban J connectivity index is 1.41. The fourth-order valence-corrected chi connectivity index (χ4v) is 7.96. The number of aromatic nitrogens is 1. The fraction of sp³-hybridized carbons (Fsp3) is 0.0769. The van der Waals surface area contributed by atoms with Gasteiger partial charge < -0.3 is 8.98 Å². The number of hydrogen-bond donors (Lipinski definition) is 0. The number of rotatable bonds is 4. The fourth-order valence-electron chi connectivity index (χ4n) is 6.49. The average Bonchev–Trinajstić information content (AvgIpc) is 3.56. The van der Waals surface area contributed by atoms with E-state index in [1.165, 1.54) is 54.5 Å². The highest BCUT2D eigenvalue weighted by molar-refractivity contribution is 6.90. The largest absolute Gasteiger partial charge is 0.456 e. The van der Waals surface area contributed by atoms with Crippen LogP contribution in [0.1, 0.15) is 0 Å². The van der Waals surface area contributed by atoms with Crippen molar-refractivity contribution in [3.63, 3.8) is 0 Å². The van der Waals surface area contributed by atoms with Crippen LogP contribution < -0.4 is 5.19 Å². The summed E-state index contributed by atoms with van der Waals surface area (Å²) < 4.78 is 9.16. The van der Waals surface area contributed by atoms with Crippen molar-refractivity contribution in [2.45, 2.75) is 19.6 Å². The molecule has 6 aromatic carbocycles. The lowest BCUT2D eigenvalue weighted by Crippen LogP contribution is -2.37. The molecule has 0 spiro atoms. The van der Waals surface area contributed by atoms with E-state index in [-0.39, 0.29) is 0 Å². The maximum Gasteiger partial charge on any atom is 0.143 e. The van der Waals surface area contributed by atoms with Gasteiger partial charge in [0.05, 0.1) is 19.1 Å². The summed E-state index contributed by atoms with van der Waals surface area (Å²) in [4.78, 5) is 0. The van der Waals surface area contributed by atoms with Gasteiger partial charge in [-0.05, 0) is 58.3 Å². The maximum absolute atomic E-state index is 6.78. The molecule has 0 saturated carbocycles. The van der Waals surface area contributed by atoms with E-state index in [0.29, 0.717) is 0 Å². The second kappa shape index (κ2) is 9.33. The molecule has 0 aliphatic rings. The number of fused-ring (bicyclic) bond motifs is 6. The van der Waals surface area contributed by atoms with Gasteiger partial charge in [0.25, 0.3) is 0 Å². The number of para-hydroxylation sites is 3. The van der Waals surface area contributed by atoms with Crippen LogP contribution in [0, 0.1) is 0 Å². The molecule has 0 bridgehead atoms. The second-order valence-electron chi connectivity index (χ2n) is 12.2. The van der Waals surface area contributed by atoms with Gasteiger partial charge in [-0.2, -0.15) is 0 Å². The first-order valence-electron chi connectivity index (χ1n) is 14.6. The highest BCUT2D eigenvalue weighted by atomic mass is 28.3. The Morgan fingerprint density at radius 2 is 1.07 bits per heavy atom. The molecule has 8 rings (SSSR count). The van der Waals surface area contributed by atoms with Gasteiger partial charge in [0.2, 0.25) is 0 Å². The summed E-state index contributed by atoms with van der Waals surface area (Å²) >= 11 is 0. The van der Waals surface area contributed by atoms with Crippen LogP contribution in [0.2, 0.25) is 19.6 Å². The van der Waals surface area contributed by atoms with E-state index in [9.17, 15) is 0 Å². The lowest BCUT2D eigenvalue weighted by atomic mass is 9.99. The van der Waals surface area contributed by atoms with Gasteiger partial charge in [0.1, 0.15) is 11.2 Å². The van der Waals surface area contributed by atoms with Crippen LogP contribution in [-0.4, -0.2) is 12.6 Å². The quantitative estimate of drug-likeness (QED) is 0.197. The van der Waals surface area contributed by atoms with Crippen LogP contribution in [0.3, 0.4) is 0 Å². The molecule has 0 radical (unpaired) electrons. The molecule has 0 amide bonds. The topological polar surface area (TPSA) is 18.1 Å². The van der Waals surface area contributed by atoms with Gasteiger partial charge in [-0.1, -0.05) is 117 Å². The van der Waals surface area contributed by atoms with Gasteiger partial charge in [-0.25, -0.2) is 0 Å². The molecule has 3 heteroatoms. The van der Waals surface area contributed by atoms with Crippen LogP contribution in [0.5, 0.6) is 0 Å². The maximum atomic E-state index is 6.78. The van der Waals surface area contributed by atoms with Crippen LogP contribution in [0.25, 0.3) is 71.7 Å². The van der Waals surface area contributed by atoms with E-state index >= 15 is 0 Å². The minimum Gasteiger partial charge on any atom is -0.456 e. The monoisotopic (exact) mass is 557 g/mol. The van der Waals surface area contributed by atoms with E-state index in [1.54, 1.807) is 0 Å². The van der Waals surface area contributed by atoms with Crippen molar-refractivity contribution >= 4 is 57.0 Å². The van der Waals surface area contributed by atoms with Crippen LogP contribution in [-0.2, 0) is 0 Å². The zero-order chi connectivity index (χ0) is 28.4. The van der Waals surface area contributed by atoms with Crippen molar-refractivity contribution in [1.29, 1.82) is 0 Å². The van der Waals surface area contributed by atoms with Crippen molar-refractivity contribution < 1.29 is 4.42 Å². The predicted molar refractivity (Wildman–Crippen MR) is 182 cm³/mol. The zero-order valence-corrected chi connectivity index (χ0v) is 25.1. The number of hydrogen-bond acceptors (Lipinski definition) is 1. The smallest absolute Gasteiger partial charge is 0.143 e. The van der Waals surface area contributed by atoms with E-state index in [4.69, 9.17) is 4.42 Å². The molecule has 8 aromatic rings. The van der Waals surface area contributed by atoms with E-state index in [2.05, 4.69) is 158 Å². The highest BCUT2D eigenvalue weighted by Gasteiger charge is 2.23. The molecule has 0 fully saturated rings. The van der Waals surface area contributed by atoms with E-state index in [0.717, 1.165) is 22.4 Å². The molecule has 2 nitrogen and oxygen atoms in total. The summed E-state index contributed by atoms with van der Waals surface area (Å²) in [5.41, 5.74) is 10.3. The molecular formula is C39H31NOSi. The SMILES string of the molecule is C[Si](C)(C)c1cccc2c1oc1c(-c3ccc4c(c3)c3cc(-c5ccccc5)ccc3n4-c3ccccc3)cccc12. The standard InChI is InChI=1S/C39H31NOSi/c1-42(2,3)37-19-11-18-32-31-17-10-16-30(38(31)41-39(32)37)28-21-23-36-34(25-28)33-24-27(26-12-6-4-7-13-26)20-22-35(33)40(36)29-14-8-5-9-15-29/h4-25H,1-3H3. The normalized spacial score (nSPS) is 12.2. The van der Waals surface area contributed by atoms with Gasteiger partial charge >= 0.3 is 0 Å². The Kier molecular flexibility index (Phi) is 5.53.